The number of aromatic nitrogens is 2. The maximum absolute atomic E-state index is 5.85. The predicted octanol–water partition coefficient (Wildman–Crippen LogP) is 3.90. The smallest absolute Gasteiger partial charge is 0.123 e. The summed E-state index contributed by atoms with van der Waals surface area (Å²) in [5.74, 6) is 0.808. The predicted molar refractivity (Wildman–Crippen MR) is 80.9 cm³/mol. The van der Waals surface area contributed by atoms with Crippen LogP contribution >= 0.6 is 36.4 Å². The summed E-state index contributed by atoms with van der Waals surface area (Å²) in [6, 6.07) is 7.54. The standard InChI is InChI=1S/C12H14ClN3.2ClH/c1-7(14)12-15-8(2)11(16-12)9-3-5-10(13)6-4-9;;/h3-7H,14H2,1-2H3,(H,15,16);2*1H. The number of nitrogens with two attached hydrogens (primary N) is 1. The van der Waals surface area contributed by atoms with Crippen molar-refractivity contribution in [2.24, 2.45) is 5.73 Å². The van der Waals surface area contributed by atoms with Gasteiger partial charge in [-0.25, -0.2) is 4.98 Å². The molecule has 2 rings (SSSR count). The van der Waals surface area contributed by atoms with E-state index in [1.165, 1.54) is 0 Å². The van der Waals surface area contributed by atoms with Gasteiger partial charge < -0.3 is 10.7 Å². The topological polar surface area (TPSA) is 54.7 Å². The second-order valence-corrected chi connectivity index (χ2v) is 4.33. The normalized spacial score (nSPS) is 11.3. The van der Waals surface area contributed by atoms with Crippen LogP contribution < -0.4 is 5.73 Å². The molecule has 0 aliphatic carbocycles. The van der Waals surface area contributed by atoms with E-state index in [0.717, 1.165) is 27.8 Å². The van der Waals surface area contributed by atoms with E-state index in [9.17, 15) is 0 Å². The zero-order valence-electron chi connectivity index (χ0n) is 10.1. The number of hydrogen-bond acceptors (Lipinski definition) is 2. The minimum atomic E-state index is -0.0836. The molecule has 3 N–H and O–H groups in total. The highest BCUT2D eigenvalue weighted by molar-refractivity contribution is 6.30. The van der Waals surface area contributed by atoms with E-state index in [1.54, 1.807) is 0 Å². The summed E-state index contributed by atoms with van der Waals surface area (Å²) in [7, 11) is 0. The second-order valence-electron chi connectivity index (χ2n) is 3.89. The molecule has 0 bridgehead atoms. The zero-order chi connectivity index (χ0) is 11.7. The minimum Gasteiger partial charge on any atom is -0.344 e. The van der Waals surface area contributed by atoms with E-state index < -0.39 is 0 Å². The number of hydrogen-bond donors (Lipinski definition) is 2. The van der Waals surface area contributed by atoms with Gasteiger partial charge in [0.15, 0.2) is 0 Å². The number of halogens is 3. The number of aromatic amines is 1. The van der Waals surface area contributed by atoms with Gasteiger partial charge in [-0.05, 0) is 26.0 Å². The number of H-pyrrole nitrogens is 1. The third-order valence-corrected chi connectivity index (χ3v) is 2.70. The molecule has 0 radical (unpaired) electrons. The highest BCUT2D eigenvalue weighted by Gasteiger charge is 2.10. The van der Waals surface area contributed by atoms with Gasteiger partial charge in [-0.2, -0.15) is 0 Å². The molecule has 3 nitrogen and oxygen atoms in total. The lowest BCUT2D eigenvalue weighted by Crippen LogP contribution is -2.06. The van der Waals surface area contributed by atoms with Crippen molar-refractivity contribution in [3.05, 3.63) is 40.8 Å². The summed E-state index contributed by atoms with van der Waals surface area (Å²) in [5.41, 5.74) is 8.79. The van der Waals surface area contributed by atoms with Crippen molar-refractivity contribution in [3.63, 3.8) is 0 Å². The molecule has 0 saturated heterocycles. The van der Waals surface area contributed by atoms with Crippen molar-refractivity contribution >= 4 is 36.4 Å². The first kappa shape index (κ1) is 17.3. The highest BCUT2D eigenvalue weighted by atomic mass is 35.5. The summed E-state index contributed by atoms with van der Waals surface area (Å²) >= 11 is 5.85. The molecular formula is C12H16Cl3N3. The molecule has 2 aromatic rings. The molecule has 1 heterocycles. The fourth-order valence-electron chi connectivity index (χ4n) is 1.59. The SMILES string of the molecule is Cc1[nH]c(C(C)N)nc1-c1ccc(Cl)cc1.Cl.Cl. The van der Waals surface area contributed by atoms with Crippen LogP contribution in [0.1, 0.15) is 24.5 Å². The van der Waals surface area contributed by atoms with Gasteiger partial charge in [0.2, 0.25) is 0 Å². The molecule has 0 fully saturated rings. The molecule has 0 amide bonds. The lowest BCUT2D eigenvalue weighted by molar-refractivity contribution is 0.754. The fraction of sp³-hybridized carbons (Fsp3) is 0.250. The number of rotatable bonds is 2. The maximum Gasteiger partial charge on any atom is 0.123 e. The Morgan fingerprint density at radius 3 is 2.22 bits per heavy atom. The molecule has 1 aromatic heterocycles. The third kappa shape index (κ3) is 3.62. The largest absolute Gasteiger partial charge is 0.344 e. The van der Waals surface area contributed by atoms with Gasteiger partial charge in [-0.1, -0.05) is 23.7 Å². The summed E-state index contributed by atoms with van der Waals surface area (Å²) in [6.45, 7) is 3.90. The van der Waals surface area contributed by atoms with Crippen molar-refractivity contribution in [2.75, 3.05) is 0 Å². The van der Waals surface area contributed by atoms with Gasteiger partial charge >= 0.3 is 0 Å². The van der Waals surface area contributed by atoms with Gasteiger partial charge in [0.1, 0.15) is 5.82 Å². The third-order valence-electron chi connectivity index (χ3n) is 2.45. The molecular weight excluding hydrogens is 293 g/mol. The second kappa shape index (κ2) is 7.00. The molecule has 100 valence electrons. The Kier molecular flexibility index (Phi) is 6.71. The van der Waals surface area contributed by atoms with E-state index >= 15 is 0 Å². The molecule has 1 aromatic carbocycles. The molecule has 0 aliphatic heterocycles. The summed E-state index contributed by atoms with van der Waals surface area (Å²) < 4.78 is 0. The van der Waals surface area contributed by atoms with Crippen molar-refractivity contribution < 1.29 is 0 Å². The monoisotopic (exact) mass is 307 g/mol. The van der Waals surface area contributed by atoms with Crippen molar-refractivity contribution in [3.8, 4) is 11.3 Å². The Hall–Kier alpha value is -0.740. The molecule has 1 atom stereocenters. The van der Waals surface area contributed by atoms with Crippen molar-refractivity contribution in [1.29, 1.82) is 0 Å². The molecule has 18 heavy (non-hydrogen) atoms. The molecule has 0 aliphatic rings. The van der Waals surface area contributed by atoms with Crippen LogP contribution in [0, 0.1) is 6.92 Å². The summed E-state index contributed by atoms with van der Waals surface area (Å²) in [4.78, 5) is 7.67. The van der Waals surface area contributed by atoms with Gasteiger partial charge in [0.05, 0.1) is 11.7 Å². The minimum absolute atomic E-state index is 0. The van der Waals surface area contributed by atoms with Crippen LogP contribution in [0.2, 0.25) is 5.02 Å². The first-order valence-electron chi connectivity index (χ1n) is 5.16. The van der Waals surface area contributed by atoms with E-state index in [1.807, 2.05) is 38.1 Å². The van der Waals surface area contributed by atoms with Crippen LogP contribution in [-0.2, 0) is 0 Å². The Balaban J connectivity index is 0.00000144. The van der Waals surface area contributed by atoms with Crippen LogP contribution in [0.3, 0.4) is 0 Å². The van der Waals surface area contributed by atoms with E-state index in [4.69, 9.17) is 17.3 Å². The first-order valence-corrected chi connectivity index (χ1v) is 5.53. The number of aryl methyl sites for hydroxylation is 1. The average molecular weight is 309 g/mol. The van der Waals surface area contributed by atoms with Crippen LogP contribution in [0.4, 0.5) is 0 Å². The Morgan fingerprint density at radius 2 is 1.78 bits per heavy atom. The van der Waals surface area contributed by atoms with Crippen LogP contribution in [0.25, 0.3) is 11.3 Å². The average Bonchev–Trinajstić information content (AvgIpc) is 2.62. The van der Waals surface area contributed by atoms with Gasteiger partial charge in [-0.3, -0.25) is 0 Å². The fourth-order valence-corrected chi connectivity index (χ4v) is 1.71. The lowest BCUT2D eigenvalue weighted by Gasteiger charge is -1.99. The summed E-state index contributed by atoms with van der Waals surface area (Å²) in [5, 5.41) is 0.726. The van der Waals surface area contributed by atoms with Crippen molar-refractivity contribution in [2.45, 2.75) is 19.9 Å². The molecule has 0 saturated carbocycles. The van der Waals surface area contributed by atoms with Gasteiger partial charge in [-0.15, -0.1) is 24.8 Å². The molecule has 6 heteroatoms. The Bertz CT molecular complexity index is 492. The number of benzene rings is 1. The van der Waals surface area contributed by atoms with Crippen LogP contribution in [-0.4, -0.2) is 9.97 Å². The van der Waals surface area contributed by atoms with E-state index in [-0.39, 0.29) is 30.9 Å². The molecule has 1 unspecified atom stereocenters. The Labute approximate surface area is 124 Å². The summed E-state index contributed by atoms with van der Waals surface area (Å²) in [6.07, 6.45) is 0. The van der Waals surface area contributed by atoms with Gasteiger partial charge in [0, 0.05) is 16.3 Å². The van der Waals surface area contributed by atoms with Crippen LogP contribution in [0.5, 0.6) is 0 Å². The molecule has 0 spiro atoms. The van der Waals surface area contributed by atoms with Crippen LogP contribution in [0.15, 0.2) is 24.3 Å². The number of imidazole rings is 1. The number of nitrogens with zero attached hydrogens (tertiary/aromatic N) is 1. The van der Waals surface area contributed by atoms with Crippen molar-refractivity contribution in [1.82, 2.24) is 9.97 Å². The quantitative estimate of drug-likeness (QED) is 0.884. The maximum atomic E-state index is 5.85. The highest BCUT2D eigenvalue weighted by Crippen LogP contribution is 2.24. The zero-order valence-corrected chi connectivity index (χ0v) is 12.5. The van der Waals surface area contributed by atoms with Gasteiger partial charge in [0.25, 0.3) is 0 Å². The first-order chi connectivity index (χ1) is 7.58. The number of nitrogens with one attached hydrogen (secondary N) is 1. The van der Waals surface area contributed by atoms with E-state index in [2.05, 4.69) is 9.97 Å². The van der Waals surface area contributed by atoms with E-state index in [0.29, 0.717) is 0 Å². The Morgan fingerprint density at radius 1 is 1.22 bits per heavy atom. The lowest BCUT2D eigenvalue weighted by atomic mass is 10.1.